The molecule has 3 aromatic carbocycles. The van der Waals surface area contributed by atoms with Crippen LogP contribution >= 0.6 is 0 Å². The molecule has 0 spiro atoms. The average Bonchev–Trinajstić information content (AvgIpc) is 2.77. The largest absolute Gasteiger partial charge is 0.495 e. The summed E-state index contributed by atoms with van der Waals surface area (Å²) in [5.74, 6) is 0.627. The van der Waals surface area contributed by atoms with Crippen molar-refractivity contribution in [3.8, 4) is 11.5 Å². The predicted molar refractivity (Wildman–Crippen MR) is 115 cm³/mol. The Labute approximate surface area is 173 Å². The van der Waals surface area contributed by atoms with Gasteiger partial charge in [0.05, 0.1) is 17.7 Å². The first kappa shape index (κ1) is 20.6. The van der Waals surface area contributed by atoms with Crippen LogP contribution < -0.4 is 14.8 Å². The summed E-state index contributed by atoms with van der Waals surface area (Å²) in [5.41, 5.74) is 1.98. The number of methoxy groups -OCH3 is 1. The van der Waals surface area contributed by atoms with Gasteiger partial charge in [-0.2, -0.15) is 0 Å². The number of benzene rings is 3. The molecule has 1 N–H and O–H groups in total. The number of hydrogen-bond acceptors (Lipinski definition) is 5. The van der Waals surface area contributed by atoms with Gasteiger partial charge in [0.15, 0.2) is 0 Å². The Hall–Kier alpha value is -4.13. The first-order valence-electron chi connectivity index (χ1n) is 9.13. The quantitative estimate of drug-likeness (QED) is 0.330. The van der Waals surface area contributed by atoms with Crippen molar-refractivity contribution >= 4 is 23.4 Å². The summed E-state index contributed by atoms with van der Waals surface area (Å²) in [4.78, 5) is 22.6. The van der Waals surface area contributed by atoms with Gasteiger partial charge in [-0.05, 0) is 35.4 Å². The van der Waals surface area contributed by atoms with E-state index in [-0.39, 0.29) is 11.4 Å². The lowest BCUT2D eigenvalue weighted by molar-refractivity contribution is -0.384. The molecule has 3 rings (SSSR count). The summed E-state index contributed by atoms with van der Waals surface area (Å²) in [5, 5.41) is 13.5. The van der Waals surface area contributed by atoms with Gasteiger partial charge in [0, 0.05) is 18.2 Å². The van der Waals surface area contributed by atoms with E-state index >= 15 is 0 Å². The van der Waals surface area contributed by atoms with Gasteiger partial charge in [-0.15, -0.1) is 0 Å². The van der Waals surface area contributed by atoms with E-state index in [4.69, 9.17) is 9.47 Å². The number of amides is 1. The van der Waals surface area contributed by atoms with Crippen LogP contribution in [0.5, 0.6) is 11.5 Å². The van der Waals surface area contributed by atoms with Gasteiger partial charge in [-0.25, -0.2) is 0 Å². The number of hydrogen-bond donors (Lipinski definition) is 1. The van der Waals surface area contributed by atoms with Crippen molar-refractivity contribution in [2.75, 3.05) is 12.4 Å². The van der Waals surface area contributed by atoms with Gasteiger partial charge < -0.3 is 14.8 Å². The third-order valence-electron chi connectivity index (χ3n) is 4.21. The highest BCUT2D eigenvalue weighted by Crippen LogP contribution is 2.28. The number of nitro groups is 1. The van der Waals surface area contributed by atoms with Crippen LogP contribution in [0.15, 0.2) is 78.9 Å². The summed E-state index contributed by atoms with van der Waals surface area (Å²) in [6.07, 6.45) is 2.98. The second-order valence-electron chi connectivity index (χ2n) is 6.31. The number of nitro benzene ring substituents is 1. The molecule has 0 bridgehead atoms. The number of ether oxygens (including phenoxy) is 2. The van der Waals surface area contributed by atoms with Crippen LogP contribution in [-0.4, -0.2) is 17.9 Å². The molecule has 0 radical (unpaired) electrons. The van der Waals surface area contributed by atoms with Gasteiger partial charge in [-0.3, -0.25) is 14.9 Å². The van der Waals surface area contributed by atoms with E-state index in [0.717, 1.165) is 16.9 Å². The van der Waals surface area contributed by atoms with E-state index in [1.54, 1.807) is 6.08 Å². The van der Waals surface area contributed by atoms with Gasteiger partial charge in [0.2, 0.25) is 5.91 Å². The molecule has 0 aliphatic heterocycles. The molecule has 0 saturated heterocycles. The summed E-state index contributed by atoms with van der Waals surface area (Å²) in [6, 6.07) is 21.2. The molecule has 0 saturated carbocycles. The standard InChI is InChI=1S/C23H20N2O5/c1-29-22-13-10-19(25(27)28)15-21(22)24-23(26)14-9-17-7-11-20(12-8-17)30-16-18-5-3-2-4-6-18/h2-15H,16H2,1H3,(H,24,26)/b14-9+. The fourth-order valence-corrected chi connectivity index (χ4v) is 2.67. The maximum Gasteiger partial charge on any atom is 0.271 e. The van der Waals surface area contributed by atoms with Crippen LogP contribution in [0.3, 0.4) is 0 Å². The van der Waals surface area contributed by atoms with Crippen LogP contribution in [0, 0.1) is 10.1 Å². The first-order valence-corrected chi connectivity index (χ1v) is 9.13. The second-order valence-corrected chi connectivity index (χ2v) is 6.31. The summed E-state index contributed by atoms with van der Waals surface area (Å²) in [6.45, 7) is 0.476. The maximum absolute atomic E-state index is 12.2. The van der Waals surface area contributed by atoms with Crippen LogP contribution in [0.4, 0.5) is 11.4 Å². The van der Waals surface area contributed by atoms with Crippen molar-refractivity contribution in [1.82, 2.24) is 0 Å². The smallest absolute Gasteiger partial charge is 0.271 e. The molecule has 0 aliphatic carbocycles. The Morgan fingerprint density at radius 1 is 1.07 bits per heavy atom. The monoisotopic (exact) mass is 404 g/mol. The molecule has 0 atom stereocenters. The Balaban J connectivity index is 1.59. The highest BCUT2D eigenvalue weighted by atomic mass is 16.6. The van der Waals surface area contributed by atoms with Crippen molar-refractivity contribution in [3.63, 3.8) is 0 Å². The number of carbonyl (C=O) groups is 1. The van der Waals surface area contributed by atoms with E-state index in [9.17, 15) is 14.9 Å². The molecule has 7 nitrogen and oxygen atoms in total. The topological polar surface area (TPSA) is 90.7 Å². The number of nitrogens with zero attached hydrogens (tertiary/aromatic N) is 1. The predicted octanol–water partition coefficient (Wildman–Crippen LogP) is 4.83. The average molecular weight is 404 g/mol. The van der Waals surface area contributed by atoms with Gasteiger partial charge in [-0.1, -0.05) is 42.5 Å². The van der Waals surface area contributed by atoms with Crippen molar-refractivity contribution in [3.05, 3.63) is 100 Å². The molecule has 3 aromatic rings. The van der Waals surface area contributed by atoms with E-state index in [1.165, 1.54) is 31.4 Å². The lowest BCUT2D eigenvalue weighted by Crippen LogP contribution is -2.09. The van der Waals surface area contributed by atoms with Crippen LogP contribution in [0.1, 0.15) is 11.1 Å². The number of carbonyl (C=O) groups excluding carboxylic acids is 1. The molecule has 0 unspecified atom stereocenters. The number of nitrogens with one attached hydrogen (secondary N) is 1. The van der Waals surface area contributed by atoms with Crippen molar-refractivity contribution < 1.29 is 19.2 Å². The highest BCUT2D eigenvalue weighted by Gasteiger charge is 2.12. The molecular weight excluding hydrogens is 384 g/mol. The Morgan fingerprint density at radius 2 is 1.80 bits per heavy atom. The second kappa shape index (κ2) is 9.88. The molecule has 0 aromatic heterocycles. The number of anilines is 1. The van der Waals surface area contributed by atoms with Crippen LogP contribution in [0.2, 0.25) is 0 Å². The molecule has 0 heterocycles. The van der Waals surface area contributed by atoms with Crippen molar-refractivity contribution in [1.29, 1.82) is 0 Å². The normalized spacial score (nSPS) is 10.6. The fraction of sp³-hybridized carbons (Fsp3) is 0.0870. The summed E-state index contributed by atoms with van der Waals surface area (Å²) < 4.78 is 10.9. The van der Waals surface area contributed by atoms with E-state index in [1.807, 2.05) is 54.6 Å². The molecule has 7 heteroatoms. The molecule has 30 heavy (non-hydrogen) atoms. The summed E-state index contributed by atoms with van der Waals surface area (Å²) >= 11 is 0. The number of rotatable bonds is 8. The minimum atomic E-state index is -0.535. The fourth-order valence-electron chi connectivity index (χ4n) is 2.67. The molecule has 0 aliphatic rings. The SMILES string of the molecule is COc1ccc([N+](=O)[O-])cc1NC(=O)/C=C/c1ccc(OCc2ccccc2)cc1. The first-order chi connectivity index (χ1) is 14.5. The van der Waals surface area contributed by atoms with Crippen LogP contribution in [0.25, 0.3) is 6.08 Å². The third-order valence-corrected chi connectivity index (χ3v) is 4.21. The van der Waals surface area contributed by atoms with E-state index in [2.05, 4.69) is 5.32 Å². The minimum absolute atomic E-state index is 0.138. The zero-order valence-electron chi connectivity index (χ0n) is 16.3. The molecular formula is C23H20N2O5. The zero-order valence-corrected chi connectivity index (χ0v) is 16.3. The Kier molecular flexibility index (Phi) is 6.78. The zero-order chi connectivity index (χ0) is 21.3. The van der Waals surface area contributed by atoms with E-state index < -0.39 is 10.8 Å². The van der Waals surface area contributed by atoms with Gasteiger partial charge in [0.1, 0.15) is 18.1 Å². The van der Waals surface area contributed by atoms with Gasteiger partial charge >= 0.3 is 0 Å². The highest BCUT2D eigenvalue weighted by molar-refractivity contribution is 6.03. The van der Waals surface area contributed by atoms with Crippen LogP contribution in [-0.2, 0) is 11.4 Å². The molecule has 0 fully saturated rings. The lowest BCUT2D eigenvalue weighted by atomic mass is 10.2. The van der Waals surface area contributed by atoms with Crippen molar-refractivity contribution in [2.45, 2.75) is 6.61 Å². The Bertz CT molecular complexity index is 1050. The lowest BCUT2D eigenvalue weighted by Gasteiger charge is -2.08. The minimum Gasteiger partial charge on any atom is -0.495 e. The van der Waals surface area contributed by atoms with Crippen molar-refractivity contribution in [2.24, 2.45) is 0 Å². The van der Waals surface area contributed by atoms with E-state index in [0.29, 0.717) is 12.4 Å². The number of non-ortho nitro benzene ring substituents is 1. The summed E-state index contributed by atoms with van der Waals surface area (Å²) in [7, 11) is 1.42. The van der Waals surface area contributed by atoms with Gasteiger partial charge in [0.25, 0.3) is 5.69 Å². The third kappa shape index (κ3) is 5.68. The maximum atomic E-state index is 12.2. The molecule has 152 valence electrons. The Morgan fingerprint density at radius 3 is 2.47 bits per heavy atom. The molecule has 1 amide bonds.